The third-order valence-corrected chi connectivity index (χ3v) is 2.42. The lowest BCUT2D eigenvalue weighted by Gasteiger charge is -2.16. The van der Waals surface area contributed by atoms with Crippen LogP contribution in [0.15, 0.2) is 30.3 Å². The maximum Gasteiger partial charge on any atom is 0.254 e. The lowest BCUT2D eigenvalue weighted by molar-refractivity contribution is -0.116. The van der Waals surface area contributed by atoms with Crippen LogP contribution in [0.4, 0.5) is 5.69 Å². The minimum Gasteiger partial charge on any atom is -0.277 e. The topological polar surface area (TPSA) is 49.6 Å². The second-order valence-electron chi connectivity index (χ2n) is 2.98. The maximum atomic E-state index is 11.5. The molecule has 1 aliphatic rings. The average Bonchev–Trinajstić information content (AvgIpc) is 2.43. The summed E-state index contributed by atoms with van der Waals surface area (Å²) in [5.74, 6) is 5.43. The van der Waals surface area contributed by atoms with Crippen LogP contribution in [0.3, 0.4) is 0 Å². The zero-order valence-electron chi connectivity index (χ0n) is 7.38. The molecular weight excluding hydrogens is 198 g/mol. The molecule has 0 radical (unpaired) electrons. The summed E-state index contributed by atoms with van der Waals surface area (Å²) in [7, 11) is 0. The number of carbonyl (C=O) groups is 1. The number of hydrogen-bond donors (Lipinski definition) is 1. The number of benzene rings is 1. The molecule has 0 spiro atoms. The van der Waals surface area contributed by atoms with Crippen molar-refractivity contribution in [2.75, 3.05) is 11.4 Å². The number of para-hydroxylation sites is 1. The predicted molar refractivity (Wildman–Crippen MR) is 57.4 cm³/mol. The molecule has 1 aromatic rings. The van der Waals surface area contributed by atoms with E-state index in [9.17, 15) is 4.79 Å². The third-order valence-electron chi connectivity index (χ3n) is 2.01. The molecule has 0 bridgehead atoms. The van der Waals surface area contributed by atoms with Crippen molar-refractivity contribution in [3.05, 3.63) is 30.3 Å². The highest BCUT2D eigenvalue weighted by Gasteiger charge is 2.31. The number of thiocarbonyl (C=S) groups is 1. The van der Waals surface area contributed by atoms with Crippen molar-refractivity contribution in [3.8, 4) is 0 Å². The standard InChI is InChI=1S/C9H9N3OS/c10-11-6-8(13)12(9(11)14)7-4-2-1-3-5-7/h1-5H,6,10H2. The summed E-state index contributed by atoms with van der Waals surface area (Å²) in [5.41, 5.74) is 0.760. The van der Waals surface area contributed by atoms with Crippen LogP contribution >= 0.6 is 12.2 Å². The quantitative estimate of drug-likeness (QED) is 0.538. The summed E-state index contributed by atoms with van der Waals surface area (Å²) < 4.78 is 0. The number of hydrogen-bond acceptors (Lipinski definition) is 3. The Balaban J connectivity index is 2.36. The van der Waals surface area contributed by atoms with Crippen molar-refractivity contribution in [1.82, 2.24) is 5.01 Å². The normalized spacial score (nSPS) is 16.6. The van der Waals surface area contributed by atoms with Gasteiger partial charge in [0.25, 0.3) is 5.91 Å². The second kappa shape index (κ2) is 3.36. The van der Waals surface area contributed by atoms with Gasteiger partial charge in [0, 0.05) is 0 Å². The Hall–Kier alpha value is -1.46. The Labute approximate surface area is 86.9 Å². The molecule has 2 N–H and O–H groups in total. The van der Waals surface area contributed by atoms with E-state index in [0.717, 1.165) is 5.69 Å². The van der Waals surface area contributed by atoms with E-state index in [2.05, 4.69) is 0 Å². The fourth-order valence-corrected chi connectivity index (χ4v) is 1.62. The fourth-order valence-electron chi connectivity index (χ4n) is 1.35. The first-order chi connectivity index (χ1) is 6.70. The van der Waals surface area contributed by atoms with Gasteiger partial charge >= 0.3 is 0 Å². The molecule has 0 aromatic heterocycles. The summed E-state index contributed by atoms with van der Waals surface area (Å²) >= 11 is 5.03. The van der Waals surface area contributed by atoms with E-state index < -0.39 is 0 Å². The van der Waals surface area contributed by atoms with E-state index in [1.165, 1.54) is 9.91 Å². The Morgan fingerprint density at radius 2 is 1.93 bits per heavy atom. The smallest absolute Gasteiger partial charge is 0.254 e. The predicted octanol–water partition coefficient (Wildman–Crippen LogP) is 0.494. The lowest BCUT2D eigenvalue weighted by atomic mass is 10.3. The Bertz CT molecular complexity index is 379. The SMILES string of the molecule is NN1CC(=O)N(c2ccccc2)C1=S. The summed E-state index contributed by atoms with van der Waals surface area (Å²) in [5, 5.41) is 1.62. The van der Waals surface area contributed by atoms with E-state index in [-0.39, 0.29) is 12.5 Å². The van der Waals surface area contributed by atoms with Crippen LogP contribution < -0.4 is 10.7 Å². The van der Waals surface area contributed by atoms with Gasteiger partial charge in [-0.2, -0.15) is 0 Å². The minimum absolute atomic E-state index is 0.0938. The molecule has 1 heterocycles. The molecule has 2 rings (SSSR count). The molecule has 14 heavy (non-hydrogen) atoms. The monoisotopic (exact) mass is 207 g/mol. The van der Waals surface area contributed by atoms with Crippen molar-refractivity contribution in [2.45, 2.75) is 0 Å². The molecular formula is C9H9N3OS. The molecule has 0 atom stereocenters. The molecule has 72 valence electrons. The number of rotatable bonds is 1. The van der Waals surface area contributed by atoms with Gasteiger partial charge in [-0.25, -0.2) is 5.84 Å². The molecule has 0 saturated carbocycles. The van der Waals surface area contributed by atoms with Gasteiger partial charge < -0.3 is 0 Å². The highest BCUT2D eigenvalue weighted by molar-refractivity contribution is 7.80. The average molecular weight is 207 g/mol. The van der Waals surface area contributed by atoms with Gasteiger partial charge in [0.15, 0.2) is 5.11 Å². The molecule has 0 unspecified atom stereocenters. The van der Waals surface area contributed by atoms with Crippen molar-refractivity contribution in [3.63, 3.8) is 0 Å². The number of anilines is 1. The van der Waals surface area contributed by atoms with Crippen LogP contribution in [0.25, 0.3) is 0 Å². The summed E-state index contributed by atoms with van der Waals surface area (Å²) in [6, 6.07) is 9.23. The molecule has 1 amide bonds. The highest BCUT2D eigenvalue weighted by Crippen LogP contribution is 2.18. The Morgan fingerprint density at radius 3 is 2.43 bits per heavy atom. The number of amides is 1. The van der Waals surface area contributed by atoms with Gasteiger partial charge in [-0.05, 0) is 24.4 Å². The molecule has 1 aliphatic heterocycles. The van der Waals surface area contributed by atoms with E-state index in [4.69, 9.17) is 18.1 Å². The van der Waals surface area contributed by atoms with E-state index >= 15 is 0 Å². The van der Waals surface area contributed by atoms with Gasteiger partial charge in [-0.1, -0.05) is 18.2 Å². The first-order valence-corrected chi connectivity index (χ1v) is 4.55. The maximum absolute atomic E-state index is 11.5. The zero-order valence-corrected chi connectivity index (χ0v) is 8.20. The summed E-state index contributed by atoms with van der Waals surface area (Å²) in [4.78, 5) is 13.0. The zero-order chi connectivity index (χ0) is 10.1. The molecule has 0 aliphatic carbocycles. The summed E-state index contributed by atoms with van der Waals surface area (Å²) in [6.45, 7) is 0.147. The van der Waals surface area contributed by atoms with Crippen LogP contribution in [-0.4, -0.2) is 22.6 Å². The Morgan fingerprint density at radius 1 is 1.29 bits per heavy atom. The van der Waals surface area contributed by atoms with Crippen LogP contribution in [0, 0.1) is 0 Å². The molecule has 1 aromatic carbocycles. The fraction of sp³-hybridized carbons (Fsp3) is 0.111. The van der Waals surface area contributed by atoms with Crippen LogP contribution in [0.2, 0.25) is 0 Å². The first-order valence-electron chi connectivity index (χ1n) is 4.14. The van der Waals surface area contributed by atoms with Crippen molar-refractivity contribution in [1.29, 1.82) is 0 Å². The largest absolute Gasteiger partial charge is 0.277 e. The molecule has 1 fully saturated rings. The third kappa shape index (κ3) is 1.36. The first kappa shape index (κ1) is 9.11. The van der Waals surface area contributed by atoms with Crippen molar-refractivity contribution in [2.24, 2.45) is 5.84 Å². The minimum atomic E-state index is -0.0938. The molecule has 1 saturated heterocycles. The van der Waals surface area contributed by atoms with Gasteiger partial charge in [-0.15, -0.1) is 0 Å². The number of hydrazine groups is 1. The number of nitrogens with zero attached hydrogens (tertiary/aromatic N) is 2. The van der Waals surface area contributed by atoms with Gasteiger partial charge in [-0.3, -0.25) is 14.7 Å². The van der Waals surface area contributed by atoms with Crippen LogP contribution in [0.5, 0.6) is 0 Å². The Kier molecular flexibility index (Phi) is 2.18. The van der Waals surface area contributed by atoms with Gasteiger partial charge in [0.05, 0.1) is 5.69 Å². The van der Waals surface area contributed by atoms with Crippen molar-refractivity contribution >= 4 is 28.9 Å². The lowest BCUT2D eigenvalue weighted by Crippen LogP contribution is -2.36. The van der Waals surface area contributed by atoms with Crippen LogP contribution in [-0.2, 0) is 4.79 Å². The molecule has 5 heteroatoms. The van der Waals surface area contributed by atoms with E-state index in [1.807, 2.05) is 30.3 Å². The van der Waals surface area contributed by atoms with Crippen molar-refractivity contribution < 1.29 is 4.79 Å². The van der Waals surface area contributed by atoms with Crippen LogP contribution in [0.1, 0.15) is 0 Å². The second-order valence-corrected chi connectivity index (χ2v) is 3.34. The number of carbonyl (C=O) groups excluding carboxylic acids is 1. The molecule has 4 nitrogen and oxygen atoms in total. The summed E-state index contributed by atoms with van der Waals surface area (Å²) in [6.07, 6.45) is 0. The van der Waals surface area contributed by atoms with E-state index in [1.54, 1.807) is 0 Å². The van der Waals surface area contributed by atoms with Gasteiger partial charge in [0.2, 0.25) is 0 Å². The highest BCUT2D eigenvalue weighted by atomic mass is 32.1. The number of nitrogens with two attached hydrogens (primary N) is 1. The van der Waals surface area contributed by atoms with Gasteiger partial charge in [0.1, 0.15) is 6.54 Å². The van der Waals surface area contributed by atoms with E-state index in [0.29, 0.717) is 5.11 Å².